The average molecular weight is 398 g/mol. The first kappa shape index (κ1) is 19.6. The maximum absolute atomic E-state index is 12.3. The Hall–Kier alpha value is -3.20. The van der Waals surface area contributed by atoms with Crippen LogP contribution in [0.2, 0.25) is 0 Å². The highest BCUT2D eigenvalue weighted by Gasteiger charge is 2.10. The Morgan fingerprint density at radius 1 is 1.14 bits per heavy atom. The number of esters is 1. The summed E-state index contributed by atoms with van der Waals surface area (Å²) in [6, 6.07) is 14.2. The van der Waals surface area contributed by atoms with E-state index in [1.54, 1.807) is 30.3 Å². The van der Waals surface area contributed by atoms with E-state index in [9.17, 15) is 14.4 Å². The quantitative estimate of drug-likeness (QED) is 0.607. The van der Waals surface area contributed by atoms with Crippen LogP contribution in [0.1, 0.15) is 5.56 Å². The van der Waals surface area contributed by atoms with Crippen molar-refractivity contribution < 1.29 is 14.3 Å². The summed E-state index contributed by atoms with van der Waals surface area (Å²) >= 11 is 1.12. The van der Waals surface area contributed by atoms with Gasteiger partial charge in [-0.25, -0.2) is 0 Å². The number of hydrogen-bond donors (Lipinski definition) is 1. The van der Waals surface area contributed by atoms with Gasteiger partial charge >= 0.3 is 5.97 Å². The fourth-order valence-electron chi connectivity index (χ4n) is 2.43. The predicted molar refractivity (Wildman–Crippen MR) is 107 cm³/mol. The van der Waals surface area contributed by atoms with E-state index in [1.807, 2.05) is 25.1 Å². The summed E-state index contributed by atoms with van der Waals surface area (Å²) in [4.78, 5) is 36.0. The van der Waals surface area contributed by atoms with Gasteiger partial charge in [-0.15, -0.1) is 16.9 Å². The second kappa shape index (κ2) is 9.14. The summed E-state index contributed by atoms with van der Waals surface area (Å²) in [6.45, 7) is 1.61. The summed E-state index contributed by atoms with van der Waals surface area (Å²) in [5.41, 5.74) is 1.84. The number of fused-ring (bicyclic) bond motifs is 1. The van der Waals surface area contributed by atoms with Crippen LogP contribution in [0.25, 0.3) is 10.9 Å². The number of rotatable bonds is 7. The number of thioether (sulfide) groups is 1. The van der Waals surface area contributed by atoms with E-state index < -0.39 is 5.97 Å². The van der Waals surface area contributed by atoms with Gasteiger partial charge in [0.2, 0.25) is 5.91 Å². The van der Waals surface area contributed by atoms with Crippen molar-refractivity contribution in [2.75, 3.05) is 16.8 Å². The van der Waals surface area contributed by atoms with Gasteiger partial charge < -0.3 is 10.1 Å². The molecule has 144 valence electrons. The van der Waals surface area contributed by atoms with E-state index in [0.29, 0.717) is 16.6 Å². The number of amides is 1. The SMILES string of the molecule is Cc1cccc(NC(=O)CSCC(=O)OCn2nnc3ccccc3c2=O)c1. The molecule has 0 bridgehead atoms. The number of carbonyl (C=O) groups is 2. The highest BCUT2D eigenvalue weighted by atomic mass is 32.2. The second-order valence-electron chi connectivity index (χ2n) is 5.97. The Labute approximate surface area is 164 Å². The van der Waals surface area contributed by atoms with Crippen molar-refractivity contribution in [1.29, 1.82) is 0 Å². The van der Waals surface area contributed by atoms with Crippen LogP contribution < -0.4 is 10.9 Å². The van der Waals surface area contributed by atoms with E-state index in [1.165, 1.54) is 0 Å². The standard InChI is InChI=1S/C19H18N4O4S/c1-13-5-4-6-14(9-13)20-17(24)10-28-11-18(25)27-12-23-19(26)15-7-2-3-8-16(15)21-22-23/h2-9H,10-12H2,1H3,(H,20,24). The number of carbonyl (C=O) groups excluding carboxylic acids is 2. The molecule has 2 aromatic carbocycles. The van der Waals surface area contributed by atoms with Gasteiger partial charge in [-0.1, -0.05) is 29.5 Å². The van der Waals surface area contributed by atoms with Crippen LogP contribution in [0.3, 0.4) is 0 Å². The first-order valence-electron chi connectivity index (χ1n) is 8.45. The van der Waals surface area contributed by atoms with Crippen molar-refractivity contribution in [3.05, 3.63) is 64.4 Å². The molecular weight excluding hydrogens is 380 g/mol. The van der Waals surface area contributed by atoms with Crippen molar-refractivity contribution in [3.8, 4) is 0 Å². The lowest BCUT2D eigenvalue weighted by molar-refractivity contribution is -0.144. The van der Waals surface area contributed by atoms with Crippen molar-refractivity contribution in [2.45, 2.75) is 13.7 Å². The molecular formula is C19H18N4O4S. The minimum absolute atomic E-state index is 0.0169. The Bertz CT molecular complexity index is 1070. The van der Waals surface area contributed by atoms with Gasteiger partial charge in [0.25, 0.3) is 5.56 Å². The summed E-state index contributed by atoms with van der Waals surface area (Å²) in [7, 11) is 0. The molecule has 1 amide bonds. The van der Waals surface area contributed by atoms with Crippen LogP contribution in [-0.4, -0.2) is 38.4 Å². The zero-order chi connectivity index (χ0) is 19.9. The summed E-state index contributed by atoms with van der Waals surface area (Å²) in [6.07, 6.45) is 0. The monoisotopic (exact) mass is 398 g/mol. The number of nitrogens with one attached hydrogen (secondary N) is 1. The molecule has 0 saturated carbocycles. The molecule has 9 heteroatoms. The van der Waals surface area contributed by atoms with Gasteiger partial charge in [-0.3, -0.25) is 14.4 Å². The molecule has 3 rings (SSSR count). The van der Waals surface area contributed by atoms with Crippen molar-refractivity contribution in [3.63, 3.8) is 0 Å². The molecule has 0 aliphatic carbocycles. The summed E-state index contributed by atoms with van der Waals surface area (Å²) in [5.74, 6) is -0.661. The largest absolute Gasteiger partial charge is 0.442 e. The lowest BCUT2D eigenvalue weighted by atomic mass is 10.2. The molecule has 3 aromatic rings. The lowest BCUT2D eigenvalue weighted by Crippen LogP contribution is -2.27. The lowest BCUT2D eigenvalue weighted by Gasteiger charge is -2.07. The number of ether oxygens (including phenoxy) is 1. The van der Waals surface area contributed by atoms with Crippen molar-refractivity contribution >= 4 is 40.2 Å². The molecule has 1 aromatic heterocycles. The molecule has 0 unspecified atom stereocenters. The minimum Gasteiger partial charge on any atom is -0.442 e. The van der Waals surface area contributed by atoms with Gasteiger partial charge in [0.1, 0.15) is 5.52 Å². The van der Waals surface area contributed by atoms with Crippen LogP contribution in [0.5, 0.6) is 0 Å². The van der Waals surface area contributed by atoms with Gasteiger partial charge in [0, 0.05) is 5.69 Å². The van der Waals surface area contributed by atoms with Crippen molar-refractivity contribution in [1.82, 2.24) is 15.0 Å². The summed E-state index contributed by atoms with van der Waals surface area (Å²) in [5, 5.41) is 10.8. The molecule has 8 nitrogen and oxygen atoms in total. The molecule has 0 spiro atoms. The predicted octanol–water partition coefficient (Wildman–Crippen LogP) is 1.97. The van der Waals surface area contributed by atoms with Gasteiger partial charge in [0.15, 0.2) is 6.73 Å². The molecule has 0 aliphatic rings. The molecule has 1 N–H and O–H groups in total. The third kappa shape index (κ3) is 5.17. The van der Waals surface area contributed by atoms with Crippen LogP contribution in [0, 0.1) is 6.92 Å². The Kier molecular flexibility index (Phi) is 6.38. The minimum atomic E-state index is -0.546. The van der Waals surface area contributed by atoms with E-state index in [-0.39, 0.29) is 29.7 Å². The van der Waals surface area contributed by atoms with Crippen LogP contribution >= 0.6 is 11.8 Å². The number of aromatic nitrogens is 3. The van der Waals surface area contributed by atoms with Crippen molar-refractivity contribution in [2.24, 2.45) is 0 Å². The number of anilines is 1. The molecule has 0 atom stereocenters. The first-order valence-corrected chi connectivity index (χ1v) is 9.61. The van der Waals surface area contributed by atoms with Gasteiger partial charge in [-0.05, 0) is 36.8 Å². The molecule has 1 heterocycles. The topological polar surface area (TPSA) is 103 Å². The normalized spacial score (nSPS) is 10.6. The Morgan fingerprint density at radius 2 is 1.96 bits per heavy atom. The fourth-order valence-corrected chi connectivity index (χ4v) is 3.04. The third-order valence-electron chi connectivity index (χ3n) is 3.73. The molecule has 0 aliphatic heterocycles. The zero-order valence-electron chi connectivity index (χ0n) is 15.1. The maximum Gasteiger partial charge on any atom is 0.317 e. The van der Waals surface area contributed by atoms with E-state index in [2.05, 4.69) is 15.6 Å². The number of nitrogens with zero attached hydrogens (tertiary/aromatic N) is 3. The van der Waals surface area contributed by atoms with E-state index in [0.717, 1.165) is 22.0 Å². The van der Waals surface area contributed by atoms with Gasteiger partial charge in [0.05, 0.1) is 16.9 Å². The molecule has 0 saturated heterocycles. The smallest absolute Gasteiger partial charge is 0.317 e. The highest BCUT2D eigenvalue weighted by Crippen LogP contribution is 2.10. The van der Waals surface area contributed by atoms with E-state index >= 15 is 0 Å². The zero-order valence-corrected chi connectivity index (χ0v) is 15.9. The average Bonchev–Trinajstić information content (AvgIpc) is 2.68. The van der Waals surface area contributed by atoms with Gasteiger partial charge in [-0.2, -0.15) is 4.68 Å². The van der Waals surface area contributed by atoms with Crippen LogP contribution in [0.4, 0.5) is 5.69 Å². The maximum atomic E-state index is 12.3. The number of hydrogen-bond acceptors (Lipinski definition) is 7. The second-order valence-corrected chi connectivity index (χ2v) is 6.95. The molecule has 28 heavy (non-hydrogen) atoms. The fraction of sp³-hybridized carbons (Fsp3) is 0.211. The molecule has 0 fully saturated rings. The first-order chi connectivity index (χ1) is 13.5. The Morgan fingerprint density at radius 3 is 2.79 bits per heavy atom. The highest BCUT2D eigenvalue weighted by molar-refractivity contribution is 8.00. The van der Waals surface area contributed by atoms with E-state index in [4.69, 9.17) is 4.74 Å². The van der Waals surface area contributed by atoms with Crippen LogP contribution in [0.15, 0.2) is 53.3 Å². The Balaban J connectivity index is 1.44. The third-order valence-corrected chi connectivity index (χ3v) is 4.64. The van der Waals surface area contributed by atoms with Crippen LogP contribution in [-0.2, 0) is 21.1 Å². The number of benzene rings is 2. The molecule has 0 radical (unpaired) electrons. The number of aryl methyl sites for hydroxylation is 1. The summed E-state index contributed by atoms with van der Waals surface area (Å²) < 4.78 is 6.02.